The molecule has 0 spiro atoms. The van der Waals surface area contributed by atoms with Gasteiger partial charge in [-0.05, 0) is 47.7 Å². The van der Waals surface area contributed by atoms with E-state index < -0.39 is 33.0 Å². The Morgan fingerprint density at radius 3 is 1.73 bits per heavy atom. The van der Waals surface area contributed by atoms with Crippen LogP contribution in [0.3, 0.4) is 0 Å². The SMILES string of the molecule is CCCC(F)(F)F.CCCCCCCCOc1ccc(-c2ccc(-c3ccc(C[SiH](C)C)cc3)cc2)c(F)c1F. The van der Waals surface area contributed by atoms with Crippen LogP contribution in [0.25, 0.3) is 22.3 Å². The average Bonchev–Trinajstić information content (AvgIpc) is 2.90. The number of unbranched alkanes of at least 4 members (excludes halogenated alkanes) is 5. The van der Waals surface area contributed by atoms with Gasteiger partial charge in [-0.1, -0.05) is 113 Å². The summed E-state index contributed by atoms with van der Waals surface area (Å²) in [4.78, 5) is 0. The Labute approximate surface area is 238 Å². The monoisotopic (exact) mass is 578 g/mol. The summed E-state index contributed by atoms with van der Waals surface area (Å²) in [6, 6.07) is 20.6. The number of benzene rings is 3. The fraction of sp³-hybridized carbons (Fsp3) is 0.455. The van der Waals surface area contributed by atoms with Crippen LogP contribution in [-0.4, -0.2) is 21.6 Å². The fourth-order valence-corrected chi connectivity index (χ4v) is 5.58. The number of rotatable bonds is 13. The van der Waals surface area contributed by atoms with Crippen molar-refractivity contribution in [1.29, 1.82) is 0 Å². The number of hydrogen-bond acceptors (Lipinski definition) is 1. The van der Waals surface area contributed by atoms with Gasteiger partial charge in [0.15, 0.2) is 11.6 Å². The molecule has 0 aliphatic heterocycles. The zero-order valence-electron chi connectivity index (χ0n) is 24.2. The van der Waals surface area contributed by atoms with Crippen molar-refractivity contribution in [2.24, 2.45) is 0 Å². The van der Waals surface area contributed by atoms with Gasteiger partial charge < -0.3 is 4.74 Å². The molecule has 0 heterocycles. The highest BCUT2D eigenvalue weighted by Gasteiger charge is 2.24. The normalized spacial score (nSPS) is 11.3. The number of alkyl halides is 3. The summed E-state index contributed by atoms with van der Waals surface area (Å²) < 4.78 is 68.1. The van der Waals surface area contributed by atoms with Gasteiger partial charge in [-0.2, -0.15) is 17.6 Å². The van der Waals surface area contributed by atoms with Gasteiger partial charge in [-0.15, -0.1) is 0 Å². The van der Waals surface area contributed by atoms with Gasteiger partial charge in [0.05, 0.1) is 6.61 Å². The van der Waals surface area contributed by atoms with E-state index in [0.29, 0.717) is 12.2 Å². The molecular weight excluding hydrogens is 535 g/mol. The summed E-state index contributed by atoms with van der Waals surface area (Å²) in [6.07, 6.45) is 2.32. The lowest BCUT2D eigenvalue weighted by molar-refractivity contribution is -0.134. The van der Waals surface area contributed by atoms with Gasteiger partial charge in [0.1, 0.15) is 0 Å². The number of ether oxygens (including phenoxy) is 1. The van der Waals surface area contributed by atoms with Crippen molar-refractivity contribution in [3.8, 4) is 28.0 Å². The molecule has 0 saturated carbocycles. The second kappa shape index (κ2) is 17.2. The summed E-state index contributed by atoms with van der Waals surface area (Å²) in [5, 5.41) is 0. The maximum absolute atomic E-state index is 14.8. The van der Waals surface area contributed by atoms with Crippen LogP contribution in [0.1, 0.15) is 70.8 Å². The molecule has 0 amide bonds. The van der Waals surface area contributed by atoms with Gasteiger partial charge >= 0.3 is 6.18 Å². The first-order chi connectivity index (χ1) is 19.1. The van der Waals surface area contributed by atoms with Crippen LogP contribution in [0, 0.1) is 11.6 Å². The van der Waals surface area contributed by atoms with Gasteiger partial charge in [-0.25, -0.2) is 4.39 Å². The molecule has 7 heteroatoms. The van der Waals surface area contributed by atoms with Crippen LogP contribution in [0.2, 0.25) is 13.1 Å². The first-order valence-corrected chi connectivity index (χ1v) is 17.6. The minimum absolute atomic E-state index is 0.00835. The van der Waals surface area contributed by atoms with Gasteiger partial charge in [0, 0.05) is 20.8 Å². The van der Waals surface area contributed by atoms with E-state index in [1.807, 2.05) is 24.3 Å². The predicted molar refractivity (Wildman–Crippen MR) is 160 cm³/mol. The van der Waals surface area contributed by atoms with E-state index in [2.05, 4.69) is 44.3 Å². The summed E-state index contributed by atoms with van der Waals surface area (Å²) in [7, 11) is -0.631. The van der Waals surface area contributed by atoms with Crippen LogP contribution in [-0.2, 0) is 6.04 Å². The van der Waals surface area contributed by atoms with Gasteiger partial charge in [0.2, 0.25) is 5.82 Å². The van der Waals surface area contributed by atoms with Crippen molar-refractivity contribution in [3.63, 3.8) is 0 Å². The van der Waals surface area contributed by atoms with Crippen molar-refractivity contribution >= 4 is 8.80 Å². The molecule has 0 unspecified atom stereocenters. The molecule has 0 aliphatic carbocycles. The molecule has 40 heavy (non-hydrogen) atoms. The van der Waals surface area contributed by atoms with Crippen LogP contribution < -0.4 is 4.74 Å². The molecule has 0 saturated heterocycles. The lowest BCUT2D eigenvalue weighted by Crippen LogP contribution is -2.04. The van der Waals surface area contributed by atoms with Gasteiger partial charge in [0.25, 0.3) is 0 Å². The van der Waals surface area contributed by atoms with Crippen molar-refractivity contribution in [1.82, 2.24) is 0 Å². The van der Waals surface area contributed by atoms with E-state index in [-0.39, 0.29) is 17.7 Å². The van der Waals surface area contributed by atoms with Crippen molar-refractivity contribution in [2.75, 3.05) is 6.61 Å². The maximum Gasteiger partial charge on any atom is 0.389 e. The van der Waals surface area contributed by atoms with Gasteiger partial charge in [-0.3, -0.25) is 0 Å². The molecule has 3 aromatic rings. The molecule has 0 atom stereocenters. The van der Waals surface area contributed by atoms with Crippen LogP contribution in [0.5, 0.6) is 5.75 Å². The molecule has 0 radical (unpaired) electrons. The van der Waals surface area contributed by atoms with Crippen molar-refractivity contribution in [3.05, 3.63) is 77.9 Å². The highest BCUT2D eigenvalue weighted by atomic mass is 28.3. The first kappa shape index (κ1) is 33.5. The Kier molecular flexibility index (Phi) is 14.4. The zero-order chi connectivity index (χ0) is 29.5. The third kappa shape index (κ3) is 11.8. The minimum atomic E-state index is -3.95. The molecular formula is C33H43F5OSi. The average molecular weight is 579 g/mol. The molecule has 3 aromatic carbocycles. The Hall–Kier alpha value is -2.67. The Morgan fingerprint density at radius 1 is 0.650 bits per heavy atom. The third-order valence-corrected chi connectivity index (χ3v) is 7.75. The summed E-state index contributed by atoms with van der Waals surface area (Å²) >= 11 is 0. The van der Waals surface area contributed by atoms with E-state index in [1.54, 1.807) is 6.07 Å². The van der Waals surface area contributed by atoms with Crippen LogP contribution in [0.4, 0.5) is 22.0 Å². The topological polar surface area (TPSA) is 9.23 Å². The standard InChI is InChI=1S/C29H36F2OSi.C4H7F3/c1-4-5-6-7-8-9-20-32-27-19-18-26(28(30)29(27)31)25-16-14-24(15-17-25)23-12-10-22(11-13-23)21-33(2)3;1-2-3-4(5,6)7/h10-19,33H,4-9,20-21H2,1-3H3;2-3H2,1H3. The fourth-order valence-electron chi connectivity index (χ4n) is 4.36. The third-order valence-electron chi connectivity index (χ3n) is 6.46. The Bertz CT molecular complexity index is 1130. The quantitative estimate of drug-likeness (QED) is 0.111. The number of hydrogen-bond donors (Lipinski definition) is 0. The Balaban J connectivity index is 0.000000708. The molecule has 220 valence electrons. The second-order valence-corrected chi connectivity index (χ2v) is 13.8. The number of halogens is 5. The second-order valence-electron chi connectivity index (χ2n) is 10.6. The van der Waals surface area contributed by atoms with E-state index in [9.17, 15) is 22.0 Å². The van der Waals surface area contributed by atoms with E-state index >= 15 is 0 Å². The van der Waals surface area contributed by atoms with Crippen molar-refractivity contribution in [2.45, 2.75) is 90.5 Å². The van der Waals surface area contributed by atoms with Crippen molar-refractivity contribution < 1.29 is 26.7 Å². The minimum Gasteiger partial charge on any atom is -0.490 e. The molecule has 0 fully saturated rings. The maximum atomic E-state index is 14.8. The molecule has 0 bridgehead atoms. The summed E-state index contributed by atoms with van der Waals surface area (Å²) in [5.41, 5.74) is 4.48. The molecule has 1 nitrogen and oxygen atoms in total. The largest absolute Gasteiger partial charge is 0.490 e. The smallest absolute Gasteiger partial charge is 0.389 e. The summed E-state index contributed by atoms with van der Waals surface area (Å²) in [6.45, 7) is 8.81. The predicted octanol–water partition coefficient (Wildman–Crippen LogP) is 11.0. The Morgan fingerprint density at radius 2 is 1.20 bits per heavy atom. The van der Waals surface area contributed by atoms with E-state index in [4.69, 9.17) is 4.74 Å². The molecule has 0 N–H and O–H groups in total. The summed E-state index contributed by atoms with van der Waals surface area (Å²) in [5.74, 6) is -1.77. The molecule has 0 aliphatic rings. The zero-order valence-corrected chi connectivity index (χ0v) is 25.4. The highest BCUT2D eigenvalue weighted by molar-refractivity contribution is 6.55. The van der Waals surface area contributed by atoms with Crippen LogP contribution >= 0.6 is 0 Å². The lowest BCUT2D eigenvalue weighted by Gasteiger charge is -2.11. The van der Waals surface area contributed by atoms with E-state index in [1.165, 1.54) is 43.9 Å². The van der Waals surface area contributed by atoms with E-state index in [0.717, 1.165) is 30.4 Å². The molecule has 3 rings (SSSR count). The first-order valence-electron chi connectivity index (χ1n) is 14.4. The lowest BCUT2D eigenvalue weighted by atomic mass is 9.99. The molecule has 0 aromatic heterocycles. The van der Waals surface area contributed by atoms with Crippen LogP contribution in [0.15, 0.2) is 60.7 Å². The highest BCUT2D eigenvalue weighted by Crippen LogP contribution is 2.31.